The van der Waals surface area contributed by atoms with E-state index in [9.17, 15) is 14.4 Å². The maximum absolute atomic E-state index is 11.8. The molecule has 1 heterocycles. The Morgan fingerprint density at radius 3 is 2.72 bits per heavy atom. The van der Waals surface area contributed by atoms with Gasteiger partial charge in [0, 0.05) is 11.6 Å². The van der Waals surface area contributed by atoms with E-state index in [4.69, 9.17) is 4.74 Å². The second kappa shape index (κ2) is 8.97. The van der Waals surface area contributed by atoms with Crippen LogP contribution in [0.25, 0.3) is 0 Å². The van der Waals surface area contributed by atoms with Crippen molar-refractivity contribution in [3.8, 4) is 0 Å². The van der Waals surface area contributed by atoms with E-state index < -0.39 is 17.8 Å². The van der Waals surface area contributed by atoms with Crippen LogP contribution in [0.5, 0.6) is 0 Å². The number of carbonyl (C=O) groups is 3. The highest BCUT2D eigenvalue weighted by Crippen LogP contribution is 2.16. The Bertz CT molecular complexity index is 718. The van der Waals surface area contributed by atoms with Crippen LogP contribution in [-0.2, 0) is 32.1 Å². The van der Waals surface area contributed by atoms with Crippen LogP contribution in [0.3, 0.4) is 0 Å². The Labute approximate surface area is 147 Å². The molecule has 0 aliphatic carbocycles. The van der Waals surface area contributed by atoms with Crippen LogP contribution in [0.1, 0.15) is 42.4 Å². The van der Waals surface area contributed by atoms with Gasteiger partial charge in [-0.05, 0) is 49.3 Å². The number of esters is 1. The lowest BCUT2D eigenvalue weighted by Gasteiger charge is -2.09. The molecule has 1 aliphatic rings. The van der Waals surface area contributed by atoms with E-state index in [1.54, 1.807) is 0 Å². The molecule has 0 saturated heterocycles. The number of allylic oxidation sites excluding steroid dienone is 1. The number of rotatable bonds is 9. The lowest BCUT2D eigenvalue weighted by Crippen LogP contribution is -2.23. The number of hydrogen-bond acceptors (Lipinski definition) is 4. The number of nitrogens with one attached hydrogen (secondary N) is 1. The highest BCUT2D eigenvalue weighted by Gasteiger charge is 2.23. The molecule has 0 unspecified atom stereocenters. The monoisotopic (exact) mass is 341 g/mol. The van der Waals surface area contributed by atoms with Crippen LogP contribution in [-0.4, -0.2) is 17.8 Å². The van der Waals surface area contributed by atoms with Crippen molar-refractivity contribution in [1.29, 1.82) is 0 Å². The molecule has 1 N–H and O–H groups in total. The lowest BCUT2D eigenvalue weighted by molar-refractivity contribution is -0.144. The fraction of sp³-hybridized carbons (Fsp3) is 0.350. The first-order chi connectivity index (χ1) is 12.0. The number of hydrogen-bond donors (Lipinski definition) is 1. The van der Waals surface area contributed by atoms with Crippen LogP contribution < -0.4 is 5.32 Å². The molecule has 1 aliphatic heterocycles. The summed E-state index contributed by atoms with van der Waals surface area (Å²) in [6, 6.07) is 6.04. The maximum Gasteiger partial charge on any atom is 0.310 e. The third-order valence-electron chi connectivity index (χ3n) is 4.08. The molecular weight excluding hydrogens is 318 g/mol. The molecule has 0 aromatic heterocycles. The van der Waals surface area contributed by atoms with Crippen molar-refractivity contribution < 1.29 is 19.1 Å². The summed E-state index contributed by atoms with van der Waals surface area (Å²) in [7, 11) is 0. The van der Waals surface area contributed by atoms with Crippen molar-refractivity contribution in [2.24, 2.45) is 0 Å². The minimum absolute atomic E-state index is 0.140. The molecule has 1 aromatic carbocycles. The second-order valence-electron chi connectivity index (χ2n) is 6.12. The van der Waals surface area contributed by atoms with Crippen LogP contribution in [0, 0.1) is 6.92 Å². The summed E-state index contributed by atoms with van der Waals surface area (Å²) in [5.41, 5.74) is 3.52. The smallest absolute Gasteiger partial charge is 0.310 e. The third-order valence-corrected chi connectivity index (χ3v) is 4.08. The summed E-state index contributed by atoms with van der Waals surface area (Å²) in [6.45, 7) is 5.93. The summed E-state index contributed by atoms with van der Waals surface area (Å²) < 4.78 is 5.20. The minimum Gasteiger partial charge on any atom is -0.461 e. The van der Waals surface area contributed by atoms with Gasteiger partial charge in [0.25, 0.3) is 11.8 Å². The number of ether oxygens (including phenoxy) is 1. The lowest BCUT2D eigenvalue weighted by atomic mass is 10.00. The predicted octanol–water partition coefficient (Wildman–Crippen LogP) is 2.91. The second-order valence-corrected chi connectivity index (χ2v) is 6.12. The van der Waals surface area contributed by atoms with E-state index in [2.05, 4.69) is 18.0 Å². The molecule has 0 fully saturated rings. The number of carbonyl (C=O) groups excluding carboxylic acids is 3. The average molecular weight is 341 g/mol. The minimum atomic E-state index is -0.529. The Morgan fingerprint density at radius 2 is 2.08 bits per heavy atom. The molecule has 2 rings (SSSR count). The van der Waals surface area contributed by atoms with Gasteiger partial charge < -0.3 is 4.74 Å². The maximum atomic E-state index is 11.8. The molecule has 5 heteroatoms. The van der Waals surface area contributed by atoms with Gasteiger partial charge >= 0.3 is 5.97 Å². The molecule has 2 amide bonds. The predicted molar refractivity (Wildman–Crippen MR) is 94.6 cm³/mol. The average Bonchev–Trinajstić information content (AvgIpc) is 2.88. The van der Waals surface area contributed by atoms with Gasteiger partial charge in [-0.3, -0.25) is 19.7 Å². The van der Waals surface area contributed by atoms with Gasteiger partial charge in [-0.1, -0.05) is 24.3 Å². The van der Waals surface area contributed by atoms with Crippen LogP contribution in [0.15, 0.2) is 42.5 Å². The van der Waals surface area contributed by atoms with Crippen molar-refractivity contribution in [3.05, 3.63) is 59.2 Å². The highest BCUT2D eigenvalue weighted by atomic mass is 16.5. The SMILES string of the molecule is C=CCCCCc1ccc(COC(=O)CC2=CC(=O)NC2=O)cc1C. The molecular formula is C20H23NO4. The zero-order valence-electron chi connectivity index (χ0n) is 14.5. The zero-order chi connectivity index (χ0) is 18.2. The normalized spacial score (nSPS) is 13.4. The highest BCUT2D eigenvalue weighted by molar-refractivity contribution is 6.17. The van der Waals surface area contributed by atoms with Crippen LogP contribution >= 0.6 is 0 Å². The Kier molecular flexibility index (Phi) is 6.69. The number of benzene rings is 1. The molecule has 0 bridgehead atoms. The molecule has 0 spiro atoms. The van der Waals surface area contributed by atoms with Crippen molar-refractivity contribution >= 4 is 17.8 Å². The number of amides is 2. The number of unbranched alkanes of at least 4 members (excludes halogenated alkanes) is 2. The third kappa shape index (κ3) is 5.71. The molecule has 0 atom stereocenters. The summed E-state index contributed by atoms with van der Waals surface area (Å²) in [5.74, 6) is -1.55. The van der Waals surface area contributed by atoms with Crippen LogP contribution in [0.2, 0.25) is 0 Å². The topological polar surface area (TPSA) is 72.5 Å². The first kappa shape index (κ1) is 18.6. The van der Waals surface area contributed by atoms with Gasteiger partial charge in [0.1, 0.15) is 6.61 Å². The Balaban J connectivity index is 1.82. The molecule has 1 aromatic rings. The summed E-state index contributed by atoms with van der Waals surface area (Å²) in [6.07, 6.45) is 7.19. The first-order valence-corrected chi connectivity index (χ1v) is 8.40. The standard InChI is InChI=1S/C20H23NO4/c1-3-4-5-6-7-16-9-8-15(10-14(16)2)13-25-19(23)12-17-11-18(22)21-20(17)24/h3,8-11H,1,4-7,12-13H2,2H3,(H,21,22,24). The van der Waals surface area contributed by atoms with E-state index in [0.717, 1.165) is 37.3 Å². The van der Waals surface area contributed by atoms with Crippen molar-refractivity contribution in [2.45, 2.75) is 45.6 Å². The van der Waals surface area contributed by atoms with Crippen molar-refractivity contribution in [2.75, 3.05) is 0 Å². The fourth-order valence-corrected chi connectivity index (χ4v) is 2.69. The van der Waals surface area contributed by atoms with Gasteiger partial charge in [0.15, 0.2) is 0 Å². The zero-order valence-corrected chi connectivity index (χ0v) is 14.5. The van der Waals surface area contributed by atoms with E-state index in [1.165, 1.54) is 11.1 Å². The molecule has 0 radical (unpaired) electrons. The molecule has 132 valence electrons. The van der Waals surface area contributed by atoms with E-state index in [1.807, 2.05) is 25.1 Å². The first-order valence-electron chi connectivity index (χ1n) is 8.40. The van der Waals surface area contributed by atoms with E-state index >= 15 is 0 Å². The van der Waals surface area contributed by atoms with Crippen molar-refractivity contribution in [3.63, 3.8) is 0 Å². The van der Waals surface area contributed by atoms with Gasteiger partial charge in [0.2, 0.25) is 0 Å². The van der Waals surface area contributed by atoms with Crippen LogP contribution in [0.4, 0.5) is 0 Å². The Morgan fingerprint density at radius 1 is 1.28 bits per heavy atom. The molecule has 0 saturated carbocycles. The van der Waals surface area contributed by atoms with E-state index in [0.29, 0.717) is 0 Å². The quantitative estimate of drug-likeness (QED) is 0.324. The van der Waals surface area contributed by atoms with Gasteiger partial charge in [-0.25, -0.2) is 0 Å². The largest absolute Gasteiger partial charge is 0.461 e. The summed E-state index contributed by atoms with van der Waals surface area (Å²) in [5, 5.41) is 2.10. The molecule has 25 heavy (non-hydrogen) atoms. The fourth-order valence-electron chi connectivity index (χ4n) is 2.69. The Hall–Kier alpha value is -2.69. The molecule has 5 nitrogen and oxygen atoms in total. The van der Waals surface area contributed by atoms with Crippen molar-refractivity contribution in [1.82, 2.24) is 5.32 Å². The number of aryl methyl sites for hydroxylation is 2. The van der Waals surface area contributed by atoms with E-state index in [-0.39, 0.29) is 18.6 Å². The van der Waals surface area contributed by atoms with Gasteiger partial charge in [-0.2, -0.15) is 0 Å². The summed E-state index contributed by atoms with van der Waals surface area (Å²) in [4.78, 5) is 34.2. The summed E-state index contributed by atoms with van der Waals surface area (Å²) >= 11 is 0. The van der Waals surface area contributed by atoms with Gasteiger partial charge in [0.05, 0.1) is 6.42 Å². The number of imide groups is 1. The van der Waals surface area contributed by atoms with Gasteiger partial charge in [-0.15, -0.1) is 6.58 Å².